The number of nitrogens with zero attached hydrogens (tertiary/aromatic N) is 1. The molecular weight excluding hydrogens is 244 g/mol. The molecule has 2 atom stereocenters. The van der Waals surface area contributed by atoms with Crippen molar-refractivity contribution in [1.82, 2.24) is 4.90 Å². The molecule has 1 amide bonds. The summed E-state index contributed by atoms with van der Waals surface area (Å²) in [6, 6.07) is 4.91. The van der Waals surface area contributed by atoms with Crippen molar-refractivity contribution < 1.29 is 14.6 Å². The third-order valence-electron chi connectivity index (χ3n) is 3.81. The van der Waals surface area contributed by atoms with Crippen LogP contribution in [0.1, 0.15) is 23.7 Å². The number of rotatable bonds is 3. The van der Waals surface area contributed by atoms with Crippen LogP contribution in [0.15, 0.2) is 18.2 Å². The van der Waals surface area contributed by atoms with Crippen LogP contribution < -0.4 is 10.5 Å². The zero-order valence-corrected chi connectivity index (χ0v) is 11.3. The number of nitrogen functional groups attached to an aromatic ring is 1. The van der Waals surface area contributed by atoms with Gasteiger partial charge >= 0.3 is 0 Å². The molecule has 19 heavy (non-hydrogen) atoms. The van der Waals surface area contributed by atoms with E-state index >= 15 is 0 Å². The van der Waals surface area contributed by atoms with Crippen molar-refractivity contribution in [2.24, 2.45) is 5.92 Å². The maximum atomic E-state index is 12.5. The number of aliphatic hydroxyl groups excluding tert-OH is 1. The Labute approximate surface area is 113 Å². The van der Waals surface area contributed by atoms with Crippen molar-refractivity contribution in [2.75, 3.05) is 26.0 Å². The molecule has 0 aliphatic carbocycles. The first kappa shape index (κ1) is 13.7. The minimum Gasteiger partial charge on any atom is -0.495 e. The molecule has 1 aliphatic rings. The topological polar surface area (TPSA) is 75.8 Å². The zero-order chi connectivity index (χ0) is 14.0. The molecule has 2 rings (SSSR count). The maximum Gasteiger partial charge on any atom is 0.254 e. The van der Waals surface area contributed by atoms with Gasteiger partial charge in [0.15, 0.2) is 0 Å². The zero-order valence-electron chi connectivity index (χ0n) is 11.3. The van der Waals surface area contributed by atoms with Crippen LogP contribution in [0.2, 0.25) is 0 Å². The van der Waals surface area contributed by atoms with Crippen LogP contribution in [0.25, 0.3) is 0 Å². The van der Waals surface area contributed by atoms with Crippen LogP contribution in [-0.4, -0.2) is 42.2 Å². The molecule has 1 fully saturated rings. The molecule has 1 aromatic rings. The number of anilines is 1. The van der Waals surface area contributed by atoms with Gasteiger partial charge in [0.05, 0.1) is 25.4 Å². The van der Waals surface area contributed by atoms with Crippen LogP contribution in [0.5, 0.6) is 5.75 Å². The Morgan fingerprint density at radius 1 is 1.58 bits per heavy atom. The lowest BCUT2D eigenvalue weighted by molar-refractivity contribution is 0.0648. The first-order valence-electron chi connectivity index (χ1n) is 6.43. The summed E-state index contributed by atoms with van der Waals surface area (Å²) in [5.74, 6) is 0.741. The molecule has 1 saturated heterocycles. The highest BCUT2D eigenvalue weighted by molar-refractivity contribution is 5.95. The average Bonchev–Trinajstić information content (AvgIpc) is 2.79. The summed E-state index contributed by atoms with van der Waals surface area (Å²) >= 11 is 0. The molecule has 0 saturated carbocycles. The SMILES string of the molecule is COc1cc(C(=O)N2CCC(C)C2CO)ccc1N. The number of benzene rings is 1. The lowest BCUT2D eigenvalue weighted by atomic mass is 10.0. The summed E-state index contributed by atoms with van der Waals surface area (Å²) in [5, 5.41) is 9.41. The van der Waals surface area contributed by atoms with Crippen molar-refractivity contribution in [3.05, 3.63) is 23.8 Å². The molecule has 2 unspecified atom stereocenters. The Morgan fingerprint density at radius 2 is 2.32 bits per heavy atom. The first-order valence-corrected chi connectivity index (χ1v) is 6.43. The van der Waals surface area contributed by atoms with E-state index in [9.17, 15) is 9.90 Å². The molecule has 1 heterocycles. The van der Waals surface area contributed by atoms with E-state index < -0.39 is 0 Å². The molecule has 1 aliphatic heterocycles. The number of carbonyl (C=O) groups excluding carboxylic acids is 1. The third-order valence-corrected chi connectivity index (χ3v) is 3.81. The van der Waals surface area contributed by atoms with E-state index in [-0.39, 0.29) is 18.6 Å². The van der Waals surface area contributed by atoms with Gasteiger partial charge in [-0.1, -0.05) is 6.92 Å². The Bertz CT molecular complexity index is 476. The summed E-state index contributed by atoms with van der Waals surface area (Å²) in [7, 11) is 1.52. The molecule has 0 aromatic heterocycles. The van der Waals surface area contributed by atoms with Crippen molar-refractivity contribution in [3.8, 4) is 5.75 Å². The maximum absolute atomic E-state index is 12.5. The number of amides is 1. The monoisotopic (exact) mass is 264 g/mol. The van der Waals surface area contributed by atoms with E-state index in [1.807, 2.05) is 0 Å². The highest BCUT2D eigenvalue weighted by Gasteiger charge is 2.34. The number of hydrogen-bond acceptors (Lipinski definition) is 4. The van der Waals surface area contributed by atoms with Gasteiger partial charge in [-0.05, 0) is 30.5 Å². The second kappa shape index (κ2) is 5.48. The number of methoxy groups -OCH3 is 1. The molecule has 5 nitrogen and oxygen atoms in total. The second-order valence-corrected chi connectivity index (χ2v) is 4.97. The molecule has 5 heteroatoms. The predicted octanol–water partition coefficient (Wildman–Crippen LogP) is 1.12. The third kappa shape index (κ3) is 2.51. The lowest BCUT2D eigenvalue weighted by Crippen LogP contribution is -2.39. The summed E-state index contributed by atoms with van der Waals surface area (Å²) in [6.45, 7) is 2.73. The molecule has 1 aromatic carbocycles. The van der Waals surface area contributed by atoms with E-state index in [2.05, 4.69) is 6.92 Å². The van der Waals surface area contributed by atoms with Crippen molar-refractivity contribution in [1.29, 1.82) is 0 Å². The van der Waals surface area contributed by atoms with Crippen molar-refractivity contribution in [2.45, 2.75) is 19.4 Å². The number of carbonyl (C=O) groups is 1. The quantitative estimate of drug-likeness (QED) is 0.802. The first-order chi connectivity index (χ1) is 9.08. The summed E-state index contributed by atoms with van der Waals surface area (Å²) < 4.78 is 5.13. The van der Waals surface area contributed by atoms with E-state index in [0.717, 1.165) is 6.42 Å². The highest BCUT2D eigenvalue weighted by Crippen LogP contribution is 2.28. The van der Waals surface area contributed by atoms with Crippen LogP contribution in [0.4, 0.5) is 5.69 Å². The molecule has 0 spiro atoms. The number of aliphatic hydroxyl groups is 1. The fourth-order valence-corrected chi connectivity index (χ4v) is 2.55. The minimum atomic E-state index is -0.101. The molecule has 3 N–H and O–H groups in total. The van der Waals surface area contributed by atoms with Gasteiger partial charge in [0.25, 0.3) is 5.91 Å². The van der Waals surface area contributed by atoms with Crippen molar-refractivity contribution >= 4 is 11.6 Å². The van der Waals surface area contributed by atoms with Crippen LogP contribution in [-0.2, 0) is 0 Å². The van der Waals surface area contributed by atoms with E-state index in [1.54, 1.807) is 23.1 Å². The molecule has 0 bridgehead atoms. The summed E-state index contributed by atoms with van der Waals surface area (Å²) in [4.78, 5) is 14.2. The standard InChI is InChI=1S/C14H20N2O3/c1-9-5-6-16(12(9)8-17)14(18)10-3-4-11(15)13(7-10)19-2/h3-4,7,9,12,17H,5-6,8,15H2,1-2H3. The Balaban J connectivity index is 2.24. The van der Waals surface area contributed by atoms with Gasteiger partial charge in [-0.2, -0.15) is 0 Å². The Hall–Kier alpha value is -1.75. The van der Waals surface area contributed by atoms with Crippen molar-refractivity contribution in [3.63, 3.8) is 0 Å². The van der Waals surface area contributed by atoms with Gasteiger partial charge in [-0.15, -0.1) is 0 Å². The van der Waals surface area contributed by atoms with Gasteiger partial charge in [0.1, 0.15) is 5.75 Å². The largest absolute Gasteiger partial charge is 0.495 e. The van der Waals surface area contributed by atoms with Gasteiger partial charge in [0.2, 0.25) is 0 Å². The number of nitrogens with two attached hydrogens (primary N) is 1. The lowest BCUT2D eigenvalue weighted by Gasteiger charge is -2.25. The fourth-order valence-electron chi connectivity index (χ4n) is 2.55. The van der Waals surface area contributed by atoms with Gasteiger partial charge in [0, 0.05) is 12.1 Å². The van der Waals surface area contributed by atoms with Gasteiger partial charge in [-0.25, -0.2) is 0 Å². The normalized spacial score (nSPS) is 22.6. The van der Waals surface area contributed by atoms with Crippen LogP contribution >= 0.6 is 0 Å². The Kier molecular flexibility index (Phi) is 3.95. The molecule has 0 radical (unpaired) electrons. The summed E-state index contributed by atoms with van der Waals surface area (Å²) in [5.41, 5.74) is 6.79. The van der Waals surface area contributed by atoms with Crippen LogP contribution in [0.3, 0.4) is 0 Å². The number of hydrogen-bond donors (Lipinski definition) is 2. The number of ether oxygens (including phenoxy) is 1. The summed E-state index contributed by atoms with van der Waals surface area (Å²) in [6.07, 6.45) is 0.920. The van der Waals surface area contributed by atoms with Gasteiger partial charge in [-0.3, -0.25) is 4.79 Å². The smallest absolute Gasteiger partial charge is 0.254 e. The van der Waals surface area contributed by atoms with Gasteiger partial charge < -0.3 is 20.5 Å². The number of likely N-dealkylation sites (tertiary alicyclic amines) is 1. The minimum absolute atomic E-state index is 0.000978. The van der Waals surface area contributed by atoms with Crippen LogP contribution in [0, 0.1) is 5.92 Å². The van der Waals surface area contributed by atoms with E-state index in [4.69, 9.17) is 10.5 Å². The fraction of sp³-hybridized carbons (Fsp3) is 0.500. The molecular formula is C14H20N2O3. The Morgan fingerprint density at radius 3 is 2.95 bits per heavy atom. The average molecular weight is 264 g/mol. The predicted molar refractivity (Wildman–Crippen MR) is 73.1 cm³/mol. The highest BCUT2D eigenvalue weighted by atomic mass is 16.5. The van der Waals surface area contributed by atoms with E-state index in [0.29, 0.717) is 29.5 Å². The second-order valence-electron chi connectivity index (χ2n) is 4.97. The molecule has 104 valence electrons. The van der Waals surface area contributed by atoms with E-state index in [1.165, 1.54) is 7.11 Å².